The van der Waals surface area contributed by atoms with E-state index in [1.807, 2.05) is 0 Å². The SMILES string of the molecule is CNc1c(CN2C(=O)CN(C)C2=O)cccc1[N+](=O)[O-]. The van der Waals surface area contributed by atoms with Gasteiger partial charge in [-0.2, -0.15) is 0 Å². The van der Waals surface area contributed by atoms with Gasteiger partial charge in [-0.15, -0.1) is 0 Å². The third kappa shape index (κ3) is 2.27. The highest BCUT2D eigenvalue weighted by molar-refractivity contribution is 6.01. The first-order valence-electron chi connectivity index (χ1n) is 5.95. The van der Waals surface area contributed by atoms with Gasteiger partial charge in [-0.1, -0.05) is 12.1 Å². The van der Waals surface area contributed by atoms with Crippen molar-refractivity contribution in [1.82, 2.24) is 9.80 Å². The van der Waals surface area contributed by atoms with Crippen LogP contribution in [0.4, 0.5) is 16.2 Å². The van der Waals surface area contributed by atoms with E-state index in [1.165, 1.54) is 24.1 Å². The summed E-state index contributed by atoms with van der Waals surface area (Å²) in [5.74, 6) is -0.314. The predicted octanol–water partition coefficient (Wildman–Crippen LogP) is 1.03. The van der Waals surface area contributed by atoms with Crippen molar-refractivity contribution in [2.45, 2.75) is 6.54 Å². The number of nitrogens with zero attached hydrogens (tertiary/aromatic N) is 3. The van der Waals surface area contributed by atoms with Crippen molar-refractivity contribution in [1.29, 1.82) is 0 Å². The van der Waals surface area contributed by atoms with Crippen LogP contribution in [0.5, 0.6) is 0 Å². The number of likely N-dealkylation sites (N-methyl/N-ethyl adjacent to an activating group) is 1. The zero-order valence-electron chi connectivity index (χ0n) is 11.1. The lowest BCUT2D eigenvalue weighted by molar-refractivity contribution is -0.384. The van der Waals surface area contributed by atoms with Gasteiger partial charge >= 0.3 is 6.03 Å². The van der Waals surface area contributed by atoms with Gasteiger partial charge in [-0.25, -0.2) is 4.79 Å². The number of nitro groups is 1. The number of nitro benzene ring substituents is 1. The summed E-state index contributed by atoms with van der Waals surface area (Å²) in [6.45, 7) is 0.0442. The van der Waals surface area contributed by atoms with E-state index in [0.29, 0.717) is 11.3 Å². The van der Waals surface area contributed by atoms with E-state index in [2.05, 4.69) is 5.32 Å². The van der Waals surface area contributed by atoms with Crippen LogP contribution in [0.1, 0.15) is 5.56 Å². The summed E-state index contributed by atoms with van der Waals surface area (Å²) in [4.78, 5) is 36.4. The Hall–Kier alpha value is -2.64. The molecule has 0 spiro atoms. The van der Waals surface area contributed by atoms with Gasteiger partial charge in [-0.3, -0.25) is 19.8 Å². The average molecular weight is 278 g/mol. The molecule has 8 nitrogen and oxygen atoms in total. The Balaban J connectivity index is 2.35. The molecule has 0 saturated carbocycles. The second kappa shape index (κ2) is 5.16. The van der Waals surface area contributed by atoms with Crippen LogP contribution in [-0.2, 0) is 11.3 Å². The van der Waals surface area contributed by atoms with E-state index in [0.717, 1.165) is 4.90 Å². The van der Waals surface area contributed by atoms with Crippen LogP contribution in [0.25, 0.3) is 0 Å². The second-order valence-electron chi connectivity index (χ2n) is 4.44. The Kier molecular flexibility index (Phi) is 3.55. The van der Waals surface area contributed by atoms with Crippen LogP contribution in [-0.4, -0.2) is 47.3 Å². The molecule has 1 aliphatic heterocycles. The molecule has 8 heteroatoms. The smallest absolute Gasteiger partial charge is 0.327 e. The molecule has 0 radical (unpaired) electrons. The Labute approximate surface area is 115 Å². The number of anilines is 1. The van der Waals surface area contributed by atoms with E-state index in [9.17, 15) is 19.7 Å². The molecule has 1 heterocycles. The van der Waals surface area contributed by atoms with Crippen molar-refractivity contribution in [3.63, 3.8) is 0 Å². The van der Waals surface area contributed by atoms with Crippen molar-refractivity contribution in [3.05, 3.63) is 33.9 Å². The fourth-order valence-corrected chi connectivity index (χ4v) is 2.15. The van der Waals surface area contributed by atoms with Gasteiger partial charge in [0.25, 0.3) is 11.6 Å². The molecule has 20 heavy (non-hydrogen) atoms. The first-order valence-corrected chi connectivity index (χ1v) is 5.95. The van der Waals surface area contributed by atoms with Gasteiger partial charge in [0.2, 0.25) is 0 Å². The number of nitrogens with one attached hydrogen (secondary N) is 1. The van der Waals surface area contributed by atoms with Crippen molar-refractivity contribution < 1.29 is 14.5 Å². The van der Waals surface area contributed by atoms with Crippen LogP contribution < -0.4 is 5.32 Å². The number of carbonyl (C=O) groups excluding carboxylic acids is 2. The summed E-state index contributed by atoms with van der Waals surface area (Å²) >= 11 is 0. The maximum absolute atomic E-state index is 11.8. The Morgan fingerprint density at radius 1 is 1.40 bits per heavy atom. The fraction of sp³-hybridized carbons (Fsp3) is 0.333. The Morgan fingerprint density at radius 3 is 2.60 bits per heavy atom. The maximum atomic E-state index is 11.8. The molecule has 106 valence electrons. The van der Waals surface area contributed by atoms with Crippen LogP contribution in [0.3, 0.4) is 0 Å². The Bertz CT molecular complexity index is 587. The number of para-hydroxylation sites is 1. The average Bonchev–Trinajstić information content (AvgIpc) is 2.65. The summed E-state index contributed by atoms with van der Waals surface area (Å²) in [6.07, 6.45) is 0. The standard InChI is InChI=1S/C12H14N4O4/c1-13-11-8(4-3-5-9(11)16(19)20)6-15-10(17)7-14(2)12(15)18/h3-5,13H,6-7H2,1-2H3. The quantitative estimate of drug-likeness (QED) is 0.504. The highest BCUT2D eigenvalue weighted by Crippen LogP contribution is 2.29. The molecule has 1 aliphatic rings. The number of urea groups is 1. The highest BCUT2D eigenvalue weighted by Gasteiger charge is 2.34. The zero-order chi connectivity index (χ0) is 14.9. The summed E-state index contributed by atoms with van der Waals surface area (Å²) in [5.41, 5.74) is 0.754. The monoisotopic (exact) mass is 278 g/mol. The van der Waals surface area contributed by atoms with E-state index in [-0.39, 0.29) is 24.7 Å². The molecule has 1 fully saturated rings. The number of benzene rings is 1. The van der Waals surface area contributed by atoms with Crippen molar-refractivity contribution in [2.75, 3.05) is 26.0 Å². The Morgan fingerprint density at radius 2 is 2.10 bits per heavy atom. The fourth-order valence-electron chi connectivity index (χ4n) is 2.15. The van der Waals surface area contributed by atoms with Gasteiger partial charge in [0, 0.05) is 25.7 Å². The predicted molar refractivity (Wildman–Crippen MR) is 71.2 cm³/mol. The number of hydrogen-bond acceptors (Lipinski definition) is 5. The molecule has 0 aliphatic carbocycles. The van der Waals surface area contributed by atoms with Gasteiger partial charge in [-0.05, 0) is 0 Å². The lowest BCUT2D eigenvalue weighted by atomic mass is 10.1. The topological polar surface area (TPSA) is 95.8 Å². The second-order valence-corrected chi connectivity index (χ2v) is 4.44. The highest BCUT2D eigenvalue weighted by atomic mass is 16.6. The van der Waals surface area contributed by atoms with Crippen LogP contribution in [0.2, 0.25) is 0 Å². The molecule has 1 N–H and O–H groups in total. The zero-order valence-corrected chi connectivity index (χ0v) is 11.1. The molecule has 3 amide bonds. The van der Waals surface area contributed by atoms with Crippen LogP contribution in [0, 0.1) is 10.1 Å². The largest absolute Gasteiger partial charge is 0.382 e. The molecular formula is C12H14N4O4. The van der Waals surface area contributed by atoms with Gasteiger partial charge in [0.15, 0.2) is 0 Å². The number of carbonyl (C=O) groups is 2. The molecule has 0 aromatic heterocycles. The molecule has 0 atom stereocenters. The summed E-state index contributed by atoms with van der Waals surface area (Å²) < 4.78 is 0. The van der Waals surface area contributed by atoms with Crippen LogP contribution >= 0.6 is 0 Å². The lowest BCUT2D eigenvalue weighted by Crippen LogP contribution is -2.31. The van der Waals surface area contributed by atoms with E-state index in [4.69, 9.17) is 0 Å². The molecule has 0 bridgehead atoms. The van der Waals surface area contributed by atoms with Crippen LogP contribution in [0.15, 0.2) is 18.2 Å². The maximum Gasteiger partial charge on any atom is 0.327 e. The normalized spacial score (nSPS) is 14.9. The number of hydrogen-bond donors (Lipinski definition) is 1. The summed E-state index contributed by atoms with van der Waals surface area (Å²) in [7, 11) is 3.10. The number of imide groups is 1. The van der Waals surface area contributed by atoms with E-state index in [1.54, 1.807) is 13.1 Å². The molecule has 0 unspecified atom stereocenters. The molecule has 1 aromatic carbocycles. The number of rotatable bonds is 4. The minimum absolute atomic E-state index is 0.0137. The van der Waals surface area contributed by atoms with E-state index >= 15 is 0 Å². The van der Waals surface area contributed by atoms with Gasteiger partial charge in [0.05, 0.1) is 11.5 Å². The van der Waals surface area contributed by atoms with Crippen molar-refractivity contribution in [2.24, 2.45) is 0 Å². The first kappa shape index (κ1) is 13.8. The van der Waals surface area contributed by atoms with Gasteiger partial charge < -0.3 is 10.2 Å². The van der Waals surface area contributed by atoms with Crippen molar-refractivity contribution in [3.8, 4) is 0 Å². The number of amides is 3. The minimum Gasteiger partial charge on any atom is -0.382 e. The molecule has 1 saturated heterocycles. The van der Waals surface area contributed by atoms with Crippen molar-refractivity contribution >= 4 is 23.3 Å². The minimum atomic E-state index is -0.505. The summed E-state index contributed by atoms with van der Waals surface area (Å²) in [6, 6.07) is 4.15. The molecular weight excluding hydrogens is 264 g/mol. The third-order valence-corrected chi connectivity index (χ3v) is 3.13. The molecule has 1 aromatic rings. The van der Waals surface area contributed by atoms with E-state index < -0.39 is 11.0 Å². The first-order chi connectivity index (χ1) is 9.45. The molecule has 2 rings (SSSR count). The lowest BCUT2D eigenvalue weighted by Gasteiger charge is -2.16. The van der Waals surface area contributed by atoms with Gasteiger partial charge in [0.1, 0.15) is 12.2 Å². The third-order valence-electron chi connectivity index (χ3n) is 3.13. The summed E-state index contributed by atoms with van der Waals surface area (Å²) in [5, 5.41) is 13.7.